The standard InChI is InChI=1S/C24H25N5O4/c1-14-7-6-8-17(11-14)25-24(30)22-15(2)29-23(27-26-22)21(18(28-29)13-31-3)16-9-10-19(32-4)20(12-16)33-5/h6-12H,13H2,1-5H3,(H,25,30). The first-order valence-corrected chi connectivity index (χ1v) is 10.3. The summed E-state index contributed by atoms with van der Waals surface area (Å²) < 4.78 is 17.8. The lowest BCUT2D eigenvalue weighted by Gasteiger charge is -2.10. The minimum atomic E-state index is -0.357. The molecule has 1 N–H and O–H groups in total. The molecular weight excluding hydrogens is 422 g/mol. The van der Waals surface area contributed by atoms with Gasteiger partial charge in [0.15, 0.2) is 22.8 Å². The molecule has 0 atom stereocenters. The molecule has 1 amide bonds. The third-order valence-corrected chi connectivity index (χ3v) is 5.28. The molecule has 9 nitrogen and oxygen atoms in total. The summed E-state index contributed by atoms with van der Waals surface area (Å²) in [5.41, 5.74) is 5.23. The molecule has 0 fully saturated rings. The number of fused-ring (bicyclic) bond motifs is 1. The molecule has 4 aromatic rings. The predicted octanol–water partition coefficient (Wildman–Crippen LogP) is 3.82. The molecule has 0 aliphatic heterocycles. The average molecular weight is 447 g/mol. The quantitative estimate of drug-likeness (QED) is 0.460. The normalized spacial score (nSPS) is 10.9. The number of aromatic nitrogens is 4. The van der Waals surface area contributed by atoms with Gasteiger partial charge in [-0.1, -0.05) is 18.2 Å². The zero-order chi connectivity index (χ0) is 23.5. The Kier molecular flexibility index (Phi) is 6.23. The molecule has 2 aromatic heterocycles. The van der Waals surface area contributed by atoms with Crippen molar-refractivity contribution >= 4 is 17.2 Å². The van der Waals surface area contributed by atoms with Crippen molar-refractivity contribution in [3.05, 3.63) is 65.1 Å². The summed E-state index contributed by atoms with van der Waals surface area (Å²) in [7, 11) is 4.76. The summed E-state index contributed by atoms with van der Waals surface area (Å²) in [6, 6.07) is 13.1. The molecule has 0 saturated heterocycles. The Bertz CT molecular complexity index is 1330. The number of methoxy groups -OCH3 is 3. The van der Waals surface area contributed by atoms with Crippen LogP contribution in [0.15, 0.2) is 42.5 Å². The maximum absolute atomic E-state index is 12.9. The lowest BCUT2D eigenvalue weighted by atomic mass is 10.1. The van der Waals surface area contributed by atoms with Crippen LogP contribution in [0.3, 0.4) is 0 Å². The van der Waals surface area contributed by atoms with Gasteiger partial charge < -0.3 is 19.5 Å². The molecule has 0 bridgehead atoms. The van der Waals surface area contributed by atoms with Crippen LogP contribution in [0.5, 0.6) is 11.5 Å². The van der Waals surface area contributed by atoms with Gasteiger partial charge in [0.05, 0.1) is 37.8 Å². The summed E-state index contributed by atoms with van der Waals surface area (Å²) >= 11 is 0. The van der Waals surface area contributed by atoms with Crippen molar-refractivity contribution in [1.82, 2.24) is 19.8 Å². The monoisotopic (exact) mass is 447 g/mol. The van der Waals surface area contributed by atoms with Crippen molar-refractivity contribution in [3.63, 3.8) is 0 Å². The zero-order valence-electron chi connectivity index (χ0n) is 19.2. The Morgan fingerprint density at radius 2 is 1.79 bits per heavy atom. The predicted molar refractivity (Wildman–Crippen MR) is 124 cm³/mol. The summed E-state index contributed by atoms with van der Waals surface area (Å²) in [4.78, 5) is 12.9. The van der Waals surface area contributed by atoms with Gasteiger partial charge in [0.2, 0.25) is 0 Å². The van der Waals surface area contributed by atoms with Crippen LogP contribution in [0.2, 0.25) is 0 Å². The van der Waals surface area contributed by atoms with Crippen LogP contribution < -0.4 is 14.8 Å². The second kappa shape index (κ2) is 9.25. The van der Waals surface area contributed by atoms with Gasteiger partial charge in [0.1, 0.15) is 0 Å². The minimum Gasteiger partial charge on any atom is -0.493 e. The van der Waals surface area contributed by atoms with Gasteiger partial charge in [-0.3, -0.25) is 4.79 Å². The highest BCUT2D eigenvalue weighted by Crippen LogP contribution is 2.35. The van der Waals surface area contributed by atoms with E-state index in [0.29, 0.717) is 34.2 Å². The number of carbonyl (C=O) groups excluding carboxylic acids is 1. The largest absolute Gasteiger partial charge is 0.493 e. The molecule has 0 saturated carbocycles. The van der Waals surface area contributed by atoms with Gasteiger partial charge in [-0.2, -0.15) is 5.10 Å². The van der Waals surface area contributed by atoms with E-state index in [-0.39, 0.29) is 18.2 Å². The van der Waals surface area contributed by atoms with Gasteiger partial charge in [-0.05, 0) is 49.2 Å². The average Bonchev–Trinajstić information content (AvgIpc) is 3.18. The van der Waals surface area contributed by atoms with Crippen molar-refractivity contribution < 1.29 is 19.0 Å². The Hall–Kier alpha value is -3.98. The number of ether oxygens (including phenoxy) is 3. The van der Waals surface area contributed by atoms with Crippen LogP contribution in [0.25, 0.3) is 16.8 Å². The van der Waals surface area contributed by atoms with E-state index in [9.17, 15) is 4.79 Å². The lowest BCUT2D eigenvalue weighted by molar-refractivity contribution is 0.102. The molecule has 0 spiro atoms. The van der Waals surface area contributed by atoms with Gasteiger partial charge >= 0.3 is 0 Å². The fraction of sp³-hybridized carbons (Fsp3) is 0.250. The molecule has 0 aliphatic carbocycles. The van der Waals surface area contributed by atoms with Gasteiger partial charge in [0.25, 0.3) is 5.91 Å². The molecule has 2 heterocycles. The molecule has 0 unspecified atom stereocenters. The Morgan fingerprint density at radius 1 is 1.00 bits per heavy atom. The summed E-state index contributed by atoms with van der Waals surface area (Å²) in [6.07, 6.45) is 0. The second-order valence-electron chi connectivity index (χ2n) is 7.52. The first kappa shape index (κ1) is 22.2. The SMILES string of the molecule is COCc1nn2c(C)c(C(=O)Nc3cccc(C)c3)nnc2c1-c1ccc(OC)c(OC)c1. The molecule has 4 rings (SSSR count). The minimum absolute atomic E-state index is 0.189. The summed E-state index contributed by atoms with van der Waals surface area (Å²) in [5, 5.41) is 16.2. The maximum Gasteiger partial charge on any atom is 0.278 e. The van der Waals surface area contributed by atoms with Gasteiger partial charge in [0, 0.05) is 12.8 Å². The maximum atomic E-state index is 12.9. The van der Waals surface area contributed by atoms with Crippen LogP contribution >= 0.6 is 0 Å². The van der Waals surface area contributed by atoms with E-state index in [4.69, 9.17) is 14.2 Å². The number of carbonyl (C=O) groups is 1. The van der Waals surface area contributed by atoms with Crippen molar-refractivity contribution in [2.75, 3.05) is 26.6 Å². The molecule has 2 aromatic carbocycles. The van der Waals surface area contributed by atoms with Crippen LogP contribution in [-0.4, -0.2) is 47.0 Å². The number of nitrogens with one attached hydrogen (secondary N) is 1. The number of benzene rings is 2. The van der Waals surface area contributed by atoms with Crippen molar-refractivity contribution in [3.8, 4) is 22.6 Å². The highest BCUT2D eigenvalue weighted by Gasteiger charge is 2.23. The molecule has 9 heteroatoms. The fourth-order valence-electron chi connectivity index (χ4n) is 3.70. The summed E-state index contributed by atoms with van der Waals surface area (Å²) in [6.45, 7) is 4.01. The summed E-state index contributed by atoms with van der Waals surface area (Å²) in [5.74, 6) is 0.837. The first-order chi connectivity index (χ1) is 16.0. The van der Waals surface area contributed by atoms with E-state index < -0.39 is 0 Å². The van der Waals surface area contributed by atoms with Crippen LogP contribution in [0.4, 0.5) is 5.69 Å². The second-order valence-corrected chi connectivity index (χ2v) is 7.52. The Balaban J connectivity index is 1.80. The zero-order valence-corrected chi connectivity index (χ0v) is 19.2. The fourth-order valence-corrected chi connectivity index (χ4v) is 3.70. The molecular formula is C24H25N5O4. The Morgan fingerprint density at radius 3 is 2.48 bits per heavy atom. The highest BCUT2D eigenvalue weighted by atomic mass is 16.5. The van der Waals surface area contributed by atoms with E-state index in [1.807, 2.05) is 49.4 Å². The van der Waals surface area contributed by atoms with E-state index in [1.165, 1.54) is 0 Å². The van der Waals surface area contributed by atoms with Crippen LogP contribution in [-0.2, 0) is 11.3 Å². The van der Waals surface area contributed by atoms with Crippen LogP contribution in [0.1, 0.15) is 27.4 Å². The van der Waals surface area contributed by atoms with E-state index in [0.717, 1.165) is 16.7 Å². The van der Waals surface area contributed by atoms with Gasteiger partial charge in [-0.25, -0.2) is 4.52 Å². The van der Waals surface area contributed by atoms with Crippen molar-refractivity contribution in [1.29, 1.82) is 0 Å². The van der Waals surface area contributed by atoms with Crippen molar-refractivity contribution in [2.45, 2.75) is 20.5 Å². The van der Waals surface area contributed by atoms with Gasteiger partial charge in [-0.15, -0.1) is 10.2 Å². The molecule has 33 heavy (non-hydrogen) atoms. The van der Waals surface area contributed by atoms with Crippen LogP contribution in [0, 0.1) is 13.8 Å². The number of aryl methyl sites for hydroxylation is 2. The molecule has 170 valence electrons. The smallest absolute Gasteiger partial charge is 0.278 e. The number of rotatable bonds is 7. The first-order valence-electron chi connectivity index (χ1n) is 10.3. The third kappa shape index (κ3) is 4.22. The number of amides is 1. The number of nitrogens with zero attached hydrogens (tertiary/aromatic N) is 4. The molecule has 0 aliphatic rings. The van der Waals surface area contributed by atoms with Crippen molar-refractivity contribution in [2.24, 2.45) is 0 Å². The Labute approximate surface area is 191 Å². The highest BCUT2D eigenvalue weighted by molar-refractivity contribution is 6.03. The number of hydrogen-bond acceptors (Lipinski definition) is 7. The van der Waals surface area contributed by atoms with E-state index in [2.05, 4.69) is 20.6 Å². The lowest BCUT2D eigenvalue weighted by Crippen LogP contribution is -2.18. The van der Waals surface area contributed by atoms with E-state index >= 15 is 0 Å². The molecule has 0 radical (unpaired) electrons. The number of hydrogen-bond donors (Lipinski definition) is 1. The number of anilines is 1. The third-order valence-electron chi connectivity index (χ3n) is 5.28. The topological polar surface area (TPSA) is 99.9 Å². The van der Waals surface area contributed by atoms with E-state index in [1.54, 1.807) is 32.8 Å².